The fraction of sp³-hybridized carbons (Fsp3) is 0.636. The molecule has 1 saturated heterocycles. The summed E-state index contributed by atoms with van der Waals surface area (Å²) in [5.41, 5.74) is 0. The summed E-state index contributed by atoms with van der Waals surface area (Å²) in [6, 6.07) is 2.51. The number of ether oxygens (including phenoxy) is 1. The molecule has 2 heterocycles. The van der Waals surface area contributed by atoms with Gasteiger partial charge >= 0.3 is 0 Å². The second-order valence-electron chi connectivity index (χ2n) is 3.90. The van der Waals surface area contributed by atoms with Crippen LogP contribution in [0.25, 0.3) is 0 Å². The van der Waals surface area contributed by atoms with E-state index in [-0.39, 0.29) is 0 Å². The van der Waals surface area contributed by atoms with Crippen LogP contribution in [0.5, 0.6) is 0 Å². The molecule has 0 radical (unpaired) electrons. The second kappa shape index (κ2) is 5.43. The van der Waals surface area contributed by atoms with Gasteiger partial charge in [0.05, 0.1) is 6.10 Å². The van der Waals surface area contributed by atoms with Gasteiger partial charge in [0, 0.05) is 28.5 Å². The highest BCUT2D eigenvalue weighted by Crippen LogP contribution is 2.28. The van der Waals surface area contributed by atoms with Crippen LogP contribution in [0, 0.1) is 0 Å². The lowest BCUT2D eigenvalue weighted by atomic mass is 10.2. The zero-order chi connectivity index (χ0) is 10.7. The van der Waals surface area contributed by atoms with Crippen molar-refractivity contribution in [3.05, 3.63) is 20.8 Å². The number of hydrogen-bond acceptors (Lipinski definition) is 3. The van der Waals surface area contributed by atoms with Gasteiger partial charge in [-0.05, 0) is 47.1 Å². The standard InChI is InChI=1S/C11H16BrNOS/c1-8(11-10(12)4-6-15-11)13-7-9-3-2-5-14-9/h4,6,8-9,13H,2-3,5,7H2,1H3. The molecule has 0 aromatic carbocycles. The summed E-state index contributed by atoms with van der Waals surface area (Å²) in [7, 11) is 0. The smallest absolute Gasteiger partial charge is 0.0700 e. The molecule has 1 aliphatic heterocycles. The molecule has 15 heavy (non-hydrogen) atoms. The first-order valence-electron chi connectivity index (χ1n) is 5.35. The molecule has 2 nitrogen and oxygen atoms in total. The third-order valence-corrected chi connectivity index (χ3v) is 4.77. The van der Waals surface area contributed by atoms with E-state index in [4.69, 9.17) is 4.74 Å². The Morgan fingerprint density at radius 3 is 3.20 bits per heavy atom. The van der Waals surface area contributed by atoms with E-state index in [9.17, 15) is 0 Å². The van der Waals surface area contributed by atoms with Crippen molar-refractivity contribution in [3.63, 3.8) is 0 Å². The van der Waals surface area contributed by atoms with Crippen LogP contribution in [0.4, 0.5) is 0 Å². The van der Waals surface area contributed by atoms with Crippen molar-refractivity contribution in [2.24, 2.45) is 0 Å². The van der Waals surface area contributed by atoms with E-state index in [1.165, 1.54) is 22.2 Å². The Bertz CT molecular complexity index is 309. The highest BCUT2D eigenvalue weighted by molar-refractivity contribution is 9.10. The molecule has 84 valence electrons. The van der Waals surface area contributed by atoms with Crippen LogP contribution in [-0.2, 0) is 4.74 Å². The van der Waals surface area contributed by atoms with Gasteiger partial charge in [-0.15, -0.1) is 11.3 Å². The van der Waals surface area contributed by atoms with Gasteiger partial charge in [0.25, 0.3) is 0 Å². The summed E-state index contributed by atoms with van der Waals surface area (Å²) >= 11 is 5.35. The van der Waals surface area contributed by atoms with Crippen LogP contribution in [0.1, 0.15) is 30.7 Å². The molecule has 0 spiro atoms. The molecule has 2 rings (SSSR count). The monoisotopic (exact) mass is 289 g/mol. The highest BCUT2D eigenvalue weighted by Gasteiger charge is 2.17. The van der Waals surface area contributed by atoms with Crippen molar-refractivity contribution < 1.29 is 4.74 Å². The molecule has 1 aliphatic rings. The molecule has 0 amide bonds. The first-order valence-corrected chi connectivity index (χ1v) is 7.02. The molecule has 1 aromatic rings. The number of nitrogens with one attached hydrogen (secondary N) is 1. The van der Waals surface area contributed by atoms with Gasteiger partial charge in [-0.25, -0.2) is 0 Å². The van der Waals surface area contributed by atoms with Crippen molar-refractivity contribution in [2.45, 2.75) is 31.9 Å². The predicted octanol–water partition coefficient (Wildman–Crippen LogP) is 3.34. The summed E-state index contributed by atoms with van der Waals surface area (Å²) < 4.78 is 6.79. The lowest BCUT2D eigenvalue weighted by molar-refractivity contribution is 0.108. The average Bonchev–Trinajstić information content (AvgIpc) is 2.84. The average molecular weight is 290 g/mol. The normalized spacial score (nSPS) is 23.2. The van der Waals surface area contributed by atoms with Gasteiger partial charge < -0.3 is 10.1 Å². The minimum absolute atomic E-state index is 0.406. The number of rotatable bonds is 4. The molecule has 2 unspecified atom stereocenters. The Hall–Kier alpha value is 0.100. The molecular weight excluding hydrogens is 274 g/mol. The Morgan fingerprint density at radius 1 is 1.73 bits per heavy atom. The minimum Gasteiger partial charge on any atom is -0.377 e. The first-order chi connectivity index (χ1) is 7.27. The molecule has 1 fully saturated rings. The molecule has 0 saturated carbocycles. The minimum atomic E-state index is 0.406. The van der Waals surface area contributed by atoms with Crippen molar-refractivity contribution in [2.75, 3.05) is 13.2 Å². The van der Waals surface area contributed by atoms with E-state index in [2.05, 4.69) is 39.6 Å². The van der Waals surface area contributed by atoms with Crippen LogP contribution < -0.4 is 5.32 Å². The molecule has 4 heteroatoms. The van der Waals surface area contributed by atoms with Gasteiger partial charge in [0.2, 0.25) is 0 Å². The largest absolute Gasteiger partial charge is 0.377 e. The summed E-state index contributed by atoms with van der Waals surface area (Å²) in [6.07, 6.45) is 2.83. The third-order valence-electron chi connectivity index (χ3n) is 2.71. The van der Waals surface area contributed by atoms with E-state index in [1.54, 1.807) is 11.3 Å². The Kier molecular flexibility index (Phi) is 4.20. The van der Waals surface area contributed by atoms with Crippen molar-refractivity contribution >= 4 is 27.3 Å². The predicted molar refractivity (Wildman–Crippen MR) is 67.4 cm³/mol. The van der Waals surface area contributed by atoms with E-state index in [1.807, 2.05) is 0 Å². The van der Waals surface area contributed by atoms with Gasteiger partial charge in [-0.1, -0.05) is 0 Å². The molecule has 1 N–H and O–H groups in total. The van der Waals surface area contributed by atoms with Crippen molar-refractivity contribution in [1.29, 1.82) is 0 Å². The fourth-order valence-electron chi connectivity index (χ4n) is 1.82. The fourth-order valence-corrected chi connectivity index (χ4v) is 3.57. The maximum absolute atomic E-state index is 5.58. The lowest BCUT2D eigenvalue weighted by Gasteiger charge is -2.16. The molecule has 2 atom stereocenters. The third kappa shape index (κ3) is 3.03. The maximum atomic E-state index is 5.58. The van der Waals surface area contributed by atoms with Gasteiger partial charge in [0.1, 0.15) is 0 Å². The van der Waals surface area contributed by atoms with E-state index < -0.39 is 0 Å². The summed E-state index contributed by atoms with van der Waals surface area (Å²) in [5.74, 6) is 0. The van der Waals surface area contributed by atoms with E-state index >= 15 is 0 Å². The number of halogens is 1. The molecule has 0 bridgehead atoms. The quantitative estimate of drug-likeness (QED) is 0.918. The summed E-state index contributed by atoms with van der Waals surface area (Å²) in [5, 5.41) is 5.64. The first kappa shape index (κ1) is 11.6. The van der Waals surface area contributed by atoms with Gasteiger partial charge in [0.15, 0.2) is 0 Å². The topological polar surface area (TPSA) is 21.3 Å². The van der Waals surface area contributed by atoms with Gasteiger partial charge in [-0.3, -0.25) is 0 Å². The summed E-state index contributed by atoms with van der Waals surface area (Å²) in [4.78, 5) is 1.37. The Labute approximate surface area is 103 Å². The zero-order valence-electron chi connectivity index (χ0n) is 8.83. The second-order valence-corrected chi connectivity index (χ2v) is 5.70. The Morgan fingerprint density at radius 2 is 2.60 bits per heavy atom. The highest BCUT2D eigenvalue weighted by atomic mass is 79.9. The van der Waals surface area contributed by atoms with Crippen LogP contribution in [-0.4, -0.2) is 19.3 Å². The van der Waals surface area contributed by atoms with E-state index in [0.29, 0.717) is 12.1 Å². The summed E-state index contributed by atoms with van der Waals surface area (Å²) in [6.45, 7) is 4.10. The number of hydrogen-bond donors (Lipinski definition) is 1. The van der Waals surface area contributed by atoms with Crippen molar-refractivity contribution in [3.8, 4) is 0 Å². The van der Waals surface area contributed by atoms with Crippen LogP contribution in [0.15, 0.2) is 15.9 Å². The lowest BCUT2D eigenvalue weighted by Crippen LogP contribution is -2.28. The SMILES string of the molecule is CC(NCC1CCCO1)c1sccc1Br. The molecule has 1 aromatic heterocycles. The maximum Gasteiger partial charge on any atom is 0.0700 e. The molecular formula is C11H16BrNOS. The van der Waals surface area contributed by atoms with Crippen molar-refractivity contribution in [1.82, 2.24) is 5.32 Å². The van der Waals surface area contributed by atoms with Crippen LogP contribution in [0.3, 0.4) is 0 Å². The van der Waals surface area contributed by atoms with E-state index in [0.717, 1.165) is 13.2 Å². The number of thiophene rings is 1. The Balaban J connectivity index is 1.81. The van der Waals surface area contributed by atoms with Crippen LogP contribution >= 0.6 is 27.3 Å². The zero-order valence-corrected chi connectivity index (χ0v) is 11.2. The molecule has 0 aliphatic carbocycles. The van der Waals surface area contributed by atoms with Crippen LogP contribution in [0.2, 0.25) is 0 Å². The van der Waals surface area contributed by atoms with Gasteiger partial charge in [-0.2, -0.15) is 0 Å².